The fourth-order valence-corrected chi connectivity index (χ4v) is 2.83. The number of nitrogens with two attached hydrogens (primary N) is 1. The minimum atomic E-state index is 0.644. The van der Waals surface area contributed by atoms with Crippen LogP contribution in [0, 0.1) is 0 Å². The van der Waals surface area contributed by atoms with Crippen LogP contribution in [0.5, 0.6) is 0 Å². The maximum absolute atomic E-state index is 5.73. The van der Waals surface area contributed by atoms with Crippen molar-refractivity contribution in [3.8, 4) is 0 Å². The van der Waals surface area contributed by atoms with E-state index in [1.807, 2.05) is 30.0 Å². The Bertz CT molecular complexity index is 333. The van der Waals surface area contributed by atoms with Crippen LogP contribution in [0.4, 0.5) is 5.69 Å². The highest BCUT2D eigenvalue weighted by Gasteiger charge is 2.09. The number of benzene rings is 1. The van der Waals surface area contributed by atoms with E-state index in [1.54, 1.807) is 0 Å². The van der Waals surface area contributed by atoms with E-state index < -0.39 is 0 Å². The first-order valence-electron chi connectivity index (χ1n) is 5.03. The van der Waals surface area contributed by atoms with Crippen molar-refractivity contribution in [1.82, 2.24) is 0 Å². The highest BCUT2D eigenvalue weighted by Crippen LogP contribution is 2.30. The van der Waals surface area contributed by atoms with Crippen molar-refractivity contribution < 1.29 is 0 Å². The Hall–Kier alpha value is -0.890. The van der Waals surface area contributed by atoms with E-state index in [1.165, 1.54) is 24.2 Å². The van der Waals surface area contributed by atoms with Gasteiger partial charge in [0.1, 0.15) is 0 Å². The Morgan fingerprint density at radius 2 is 2.29 bits per heavy atom. The van der Waals surface area contributed by atoms with E-state index in [0.29, 0.717) is 5.25 Å². The fraction of sp³-hybridized carbons (Fsp3) is 0.333. The lowest BCUT2D eigenvalue weighted by atomic mass is 10.1. The quantitative estimate of drug-likeness (QED) is 0.591. The summed E-state index contributed by atoms with van der Waals surface area (Å²) in [6, 6.07) is 8.13. The lowest BCUT2D eigenvalue weighted by molar-refractivity contribution is 0.741. The zero-order valence-corrected chi connectivity index (χ0v) is 8.96. The van der Waals surface area contributed by atoms with Crippen LogP contribution in [0.1, 0.15) is 19.3 Å². The Morgan fingerprint density at radius 1 is 1.36 bits per heavy atom. The number of anilines is 1. The molecule has 0 fully saturated rings. The van der Waals surface area contributed by atoms with Gasteiger partial charge in [-0.3, -0.25) is 0 Å². The van der Waals surface area contributed by atoms with E-state index in [9.17, 15) is 0 Å². The molecule has 1 aliphatic rings. The van der Waals surface area contributed by atoms with Crippen molar-refractivity contribution in [2.24, 2.45) is 0 Å². The summed E-state index contributed by atoms with van der Waals surface area (Å²) >= 11 is 1.91. The predicted molar refractivity (Wildman–Crippen MR) is 63.5 cm³/mol. The molecule has 0 aliphatic heterocycles. The number of hydrogen-bond acceptors (Lipinski definition) is 2. The molecule has 2 rings (SSSR count). The van der Waals surface area contributed by atoms with Crippen LogP contribution in [0.3, 0.4) is 0 Å². The molecule has 0 bridgehead atoms. The second-order valence-electron chi connectivity index (χ2n) is 3.59. The van der Waals surface area contributed by atoms with Gasteiger partial charge in [0.05, 0.1) is 0 Å². The van der Waals surface area contributed by atoms with Gasteiger partial charge < -0.3 is 5.73 Å². The second-order valence-corrected chi connectivity index (χ2v) is 4.90. The zero-order chi connectivity index (χ0) is 9.80. The normalized spacial score (nSPS) is 21.0. The molecule has 0 spiro atoms. The van der Waals surface area contributed by atoms with Gasteiger partial charge in [0.15, 0.2) is 0 Å². The van der Waals surface area contributed by atoms with Gasteiger partial charge in [-0.1, -0.05) is 18.2 Å². The topological polar surface area (TPSA) is 26.0 Å². The highest BCUT2D eigenvalue weighted by molar-refractivity contribution is 8.00. The monoisotopic (exact) mass is 205 g/mol. The first kappa shape index (κ1) is 9.66. The van der Waals surface area contributed by atoms with Gasteiger partial charge in [-0.25, -0.2) is 0 Å². The molecule has 1 aliphatic carbocycles. The number of nitrogen functional groups attached to an aromatic ring is 1. The highest BCUT2D eigenvalue weighted by atomic mass is 32.2. The predicted octanol–water partition coefficient (Wildman–Crippen LogP) is 3.47. The Balaban J connectivity index is 2.02. The van der Waals surface area contributed by atoms with Crippen LogP contribution >= 0.6 is 11.8 Å². The molecule has 2 heteroatoms. The fourth-order valence-electron chi connectivity index (χ4n) is 1.64. The van der Waals surface area contributed by atoms with Gasteiger partial charge in [0.25, 0.3) is 0 Å². The molecule has 0 radical (unpaired) electrons. The summed E-state index contributed by atoms with van der Waals surface area (Å²) in [6.45, 7) is 0. The smallest absolute Gasteiger partial charge is 0.0325 e. The summed E-state index contributed by atoms with van der Waals surface area (Å²) in [7, 11) is 0. The standard InChI is InChI=1S/C12H15NS/c13-10-5-4-8-12(9-10)14-11-6-2-1-3-7-11/h2,4-6,8-9,11H,1,3,7,13H2. The molecule has 1 aromatic rings. The van der Waals surface area contributed by atoms with E-state index in [-0.39, 0.29) is 0 Å². The third-order valence-corrected chi connectivity index (χ3v) is 3.58. The van der Waals surface area contributed by atoms with Crippen LogP contribution in [-0.2, 0) is 0 Å². The molecule has 1 nitrogen and oxygen atoms in total. The molecule has 14 heavy (non-hydrogen) atoms. The van der Waals surface area contributed by atoms with Gasteiger partial charge in [-0.05, 0) is 37.5 Å². The minimum Gasteiger partial charge on any atom is -0.399 e. The third kappa shape index (κ3) is 2.55. The van der Waals surface area contributed by atoms with Gasteiger partial charge in [-0.15, -0.1) is 11.8 Å². The largest absolute Gasteiger partial charge is 0.399 e. The summed E-state index contributed by atoms with van der Waals surface area (Å²) in [5.41, 5.74) is 6.59. The van der Waals surface area contributed by atoms with E-state index in [0.717, 1.165) is 5.69 Å². The van der Waals surface area contributed by atoms with Crippen molar-refractivity contribution in [2.75, 3.05) is 5.73 Å². The number of rotatable bonds is 2. The van der Waals surface area contributed by atoms with Crippen LogP contribution in [0.15, 0.2) is 41.3 Å². The first-order valence-corrected chi connectivity index (χ1v) is 5.91. The number of hydrogen-bond donors (Lipinski definition) is 1. The van der Waals surface area contributed by atoms with Gasteiger partial charge in [-0.2, -0.15) is 0 Å². The van der Waals surface area contributed by atoms with Crippen molar-refractivity contribution in [2.45, 2.75) is 29.4 Å². The molecule has 0 aromatic heterocycles. The molecular weight excluding hydrogens is 190 g/mol. The average molecular weight is 205 g/mol. The SMILES string of the molecule is Nc1cccc(SC2C=CCCC2)c1. The Labute approximate surface area is 89.4 Å². The summed E-state index contributed by atoms with van der Waals surface area (Å²) in [4.78, 5) is 1.28. The average Bonchev–Trinajstić information content (AvgIpc) is 2.19. The van der Waals surface area contributed by atoms with Crippen molar-refractivity contribution in [3.05, 3.63) is 36.4 Å². The molecule has 1 unspecified atom stereocenters. The zero-order valence-electron chi connectivity index (χ0n) is 8.15. The van der Waals surface area contributed by atoms with Crippen molar-refractivity contribution in [3.63, 3.8) is 0 Å². The second kappa shape index (κ2) is 4.56. The molecule has 2 N–H and O–H groups in total. The Kier molecular flexibility index (Phi) is 3.14. The summed E-state index contributed by atoms with van der Waals surface area (Å²) in [5, 5.41) is 0.644. The van der Waals surface area contributed by atoms with Gasteiger partial charge >= 0.3 is 0 Å². The molecule has 0 saturated heterocycles. The van der Waals surface area contributed by atoms with E-state index in [2.05, 4.69) is 18.2 Å². The summed E-state index contributed by atoms with van der Waals surface area (Å²) in [6.07, 6.45) is 8.45. The molecule has 1 atom stereocenters. The molecule has 0 amide bonds. The molecule has 0 saturated carbocycles. The maximum atomic E-state index is 5.73. The maximum Gasteiger partial charge on any atom is 0.0325 e. The minimum absolute atomic E-state index is 0.644. The lowest BCUT2D eigenvalue weighted by Gasteiger charge is -2.15. The molecular formula is C12H15NS. The van der Waals surface area contributed by atoms with Crippen molar-refractivity contribution in [1.29, 1.82) is 0 Å². The number of thioether (sulfide) groups is 1. The van der Waals surface area contributed by atoms with Crippen LogP contribution < -0.4 is 5.73 Å². The van der Waals surface area contributed by atoms with Crippen molar-refractivity contribution >= 4 is 17.4 Å². The lowest BCUT2D eigenvalue weighted by Crippen LogP contribution is -2.01. The van der Waals surface area contributed by atoms with Crippen LogP contribution in [0.2, 0.25) is 0 Å². The third-order valence-electron chi connectivity index (χ3n) is 2.36. The van der Waals surface area contributed by atoms with Crippen LogP contribution in [-0.4, -0.2) is 5.25 Å². The van der Waals surface area contributed by atoms with Gasteiger partial charge in [0, 0.05) is 15.8 Å². The molecule has 1 aromatic carbocycles. The summed E-state index contributed by atoms with van der Waals surface area (Å²) in [5.74, 6) is 0. The molecule has 74 valence electrons. The Morgan fingerprint density at radius 3 is 3.00 bits per heavy atom. The van der Waals surface area contributed by atoms with Gasteiger partial charge in [0.2, 0.25) is 0 Å². The summed E-state index contributed by atoms with van der Waals surface area (Å²) < 4.78 is 0. The van der Waals surface area contributed by atoms with Crippen LogP contribution in [0.25, 0.3) is 0 Å². The number of allylic oxidation sites excluding steroid dienone is 1. The van der Waals surface area contributed by atoms with E-state index in [4.69, 9.17) is 5.73 Å². The first-order chi connectivity index (χ1) is 6.84. The van der Waals surface area contributed by atoms with E-state index >= 15 is 0 Å². The molecule has 0 heterocycles.